The molecule has 2 atom stereocenters. The molecular formula is C18H26N6O4. The monoisotopic (exact) mass is 390 g/mol. The Balaban J connectivity index is 2.18. The first-order chi connectivity index (χ1) is 13.3. The molecule has 0 fully saturated rings. The van der Waals surface area contributed by atoms with Crippen LogP contribution >= 0.6 is 0 Å². The van der Waals surface area contributed by atoms with E-state index in [2.05, 4.69) is 15.6 Å². The number of rotatable bonds is 10. The number of carboxylic acid groups (broad SMARTS) is 1. The molecule has 1 heterocycles. The third-order valence-corrected chi connectivity index (χ3v) is 4.39. The number of nitrogens with two attached hydrogens (primary N) is 3. The lowest BCUT2D eigenvalue weighted by atomic mass is 10.0. The van der Waals surface area contributed by atoms with Gasteiger partial charge in [-0.3, -0.25) is 14.4 Å². The number of carbonyl (C=O) groups is 3. The molecule has 2 aromatic rings. The van der Waals surface area contributed by atoms with Crippen LogP contribution in [-0.4, -0.2) is 59.1 Å². The normalized spacial score (nSPS) is 13.3. The van der Waals surface area contributed by atoms with Crippen molar-refractivity contribution in [3.8, 4) is 0 Å². The van der Waals surface area contributed by atoms with E-state index >= 15 is 0 Å². The molecule has 10 nitrogen and oxygen atoms in total. The van der Waals surface area contributed by atoms with Gasteiger partial charge in [0.25, 0.3) is 0 Å². The largest absolute Gasteiger partial charge is 0.480 e. The van der Waals surface area contributed by atoms with E-state index in [-0.39, 0.29) is 19.5 Å². The molecule has 1 aromatic carbocycles. The number of aromatic nitrogens is 1. The van der Waals surface area contributed by atoms with Crippen LogP contribution in [0, 0.1) is 0 Å². The Morgan fingerprint density at radius 1 is 1.11 bits per heavy atom. The summed E-state index contributed by atoms with van der Waals surface area (Å²) in [6.45, 7) is 0.305. The first-order valence-electron chi connectivity index (χ1n) is 8.89. The maximum atomic E-state index is 12.7. The topological polar surface area (TPSA) is 189 Å². The first kappa shape index (κ1) is 21.4. The van der Waals surface area contributed by atoms with Crippen molar-refractivity contribution in [3.05, 3.63) is 36.0 Å². The number of para-hydroxylation sites is 1. The van der Waals surface area contributed by atoms with Crippen LogP contribution in [-0.2, 0) is 20.8 Å². The van der Waals surface area contributed by atoms with Gasteiger partial charge in [-0.15, -0.1) is 0 Å². The fraction of sp³-hybridized carbons (Fsp3) is 0.389. The number of H-pyrrole nitrogens is 1. The van der Waals surface area contributed by atoms with Crippen LogP contribution in [0.4, 0.5) is 0 Å². The van der Waals surface area contributed by atoms with Crippen molar-refractivity contribution < 1.29 is 19.5 Å². The third kappa shape index (κ3) is 5.52. The van der Waals surface area contributed by atoms with Crippen molar-refractivity contribution >= 4 is 28.7 Å². The third-order valence-electron chi connectivity index (χ3n) is 4.39. The summed E-state index contributed by atoms with van der Waals surface area (Å²) in [5.74, 6) is -2.38. The van der Waals surface area contributed by atoms with Crippen molar-refractivity contribution in [2.45, 2.75) is 31.0 Å². The summed E-state index contributed by atoms with van der Waals surface area (Å²) in [7, 11) is 0. The van der Waals surface area contributed by atoms with E-state index in [1.54, 1.807) is 6.20 Å². The van der Waals surface area contributed by atoms with Gasteiger partial charge >= 0.3 is 5.97 Å². The standard InChI is InChI=1S/C18H26N6O4/c19-7-11(8-20)23-17(26)15(24-16(25)6-13(21)18(27)28)5-10-9-22-14-4-2-1-3-12(10)14/h1-4,9,11,13,15,22H,5-8,19-21H2,(H,23,26)(H,24,25)(H,27,28). The highest BCUT2D eigenvalue weighted by Gasteiger charge is 2.26. The minimum atomic E-state index is -1.35. The highest BCUT2D eigenvalue weighted by atomic mass is 16.4. The van der Waals surface area contributed by atoms with Crippen LogP contribution in [0.15, 0.2) is 30.5 Å². The maximum Gasteiger partial charge on any atom is 0.321 e. The molecule has 2 rings (SSSR count). The number of fused-ring (bicyclic) bond motifs is 1. The number of hydrogen-bond acceptors (Lipinski definition) is 6. The van der Waals surface area contributed by atoms with E-state index < -0.39 is 42.3 Å². The molecule has 2 amide bonds. The Labute approximate surface area is 161 Å². The summed E-state index contributed by atoms with van der Waals surface area (Å²) in [4.78, 5) is 38.9. The zero-order valence-electron chi connectivity index (χ0n) is 15.4. The molecule has 10 N–H and O–H groups in total. The van der Waals surface area contributed by atoms with Crippen LogP contribution in [0.3, 0.4) is 0 Å². The average molecular weight is 390 g/mol. The molecular weight excluding hydrogens is 364 g/mol. The van der Waals surface area contributed by atoms with Gasteiger partial charge in [0.1, 0.15) is 12.1 Å². The van der Waals surface area contributed by atoms with Gasteiger partial charge in [0.2, 0.25) is 11.8 Å². The van der Waals surface area contributed by atoms with E-state index in [0.717, 1.165) is 16.5 Å². The van der Waals surface area contributed by atoms with Crippen molar-refractivity contribution in [1.82, 2.24) is 15.6 Å². The molecule has 0 bridgehead atoms. The summed E-state index contributed by atoms with van der Waals surface area (Å²) < 4.78 is 0. The van der Waals surface area contributed by atoms with Crippen molar-refractivity contribution in [2.75, 3.05) is 13.1 Å². The smallest absolute Gasteiger partial charge is 0.321 e. The second kappa shape index (κ2) is 9.83. The van der Waals surface area contributed by atoms with Gasteiger partial charge < -0.3 is 37.9 Å². The molecule has 28 heavy (non-hydrogen) atoms. The van der Waals surface area contributed by atoms with E-state index in [9.17, 15) is 14.4 Å². The second-order valence-corrected chi connectivity index (χ2v) is 6.51. The Hall–Kier alpha value is -2.95. The van der Waals surface area contributed by atoms with Crippen LogP contribution in [0.25, 0.3) is 10.9 Å². The molecule has 0 aliphatic rings. The Morgan fingerprint density at radius 3 is 2.43 bits per heavy atom. The molecule has 10 heteroatoms. The summed E-state index contributed by atoms with van der Waals surface area (Å²) in [5.41, 5.74) is 18.3. The zero-order valence-corrected chi connectivity index (χ0v) is 15.4. The number of hydrogen-bond donors (Lipinski definition) is 7. The molecule has 1 aromatic heterocycles. The predicted octanol–water partition coefficient (Wildman–Crippen LogP) is -1.60. The first-order valence-corrected chi connectivity index (χ1v) is 8.89. The molecule has 0 aliphatic carbocycles. The minimum Gasteiger partial charge on any atom is -0.480 e. The number of nitrogens with one attached hydrogen (secondary N) is 3. The van der Waals surface area contributed by atoms with Crippen molar-refractivity contribution in [2.24, 2.45) is 17.2 Å². The SMILES string of the molecule is NCC(CN)NC(=O)C(Cc1c[nH]c2ccccc12)NC(=O)CC(N)C(=O)O. The second-order valence-electron chi connectivity index (χ2n) is 6.51. The lowest BCUT2D eigenvalue weighted by Gasteiger charge is -2.22. The van der Waals surface area contributed by atoms with Crippen LogP contribution in [0.5, 0.6) is 0 Å². The van der Waals surface area contributed by atoms with E-state index in [0.29, 0.717) is 0 Å². The molecule has 0 spiro atoms. The summed E-state index contributed by atoms with van der Waals surface area (Å²) in [6.07, 6.45) is 1.53. The summed E-state index contributed by atoms with van der Waals surface area (Å²) >= 11 is 0. The fourth-order valence-electron chi connectivity index (χ4n) is 2.79. The maximum absolute atomic E-state index is 12.7. The number of carboxylic acids is 1. The number of benzene rings is 1. The highest BCUT2D eigenvalue weighted by Crippen LogP contribution is 2.19. The van der Waals surface area contributed by atoms with Gasteiger partial charge in [-0.25, -0.2) is 0 Å². The van der Waals surface area contributed by atoms with Gasteiger partial charge in [0.15, 0.2) is 0 Å². The Bertz CT molecular complexity index is 832. The number of carbonyl (C=O) groups excluding carboxylic acids is 2. The van der Waals surface area contributed by atoms with Gasteiger partial charge in [0, 0.05) is 36.6 Å². The minimum absolute atomic E-state index is 0.153. The van der Waals surface area contributed by atoms with Gasteiger partial charge in [-0.05, 0) is 11.6 Å². The lowest BCUT2D eigenvalue weighted by molar-refractivity contribution is -0.140. The molecule has 0 saturated carbocycles. The Kier molecular flexibility index (Phi) is 7.50. The Morgan fingerprint density at radius 2 is 1.79 bits per heavy atom. The van der Waals surface area contributed by atoms with E-state index in [1.807, 2.05) is 24.3 Å². The number of aromatic amines is 1. The average Bonchev–Trinajstić information content (AvgIpc) is 3.08. The van der Waals surface area contributed by atoms with Crippen LogP contribution < -0.4 is 27.8 Å². The number of amides is 2. The molecule has 2 unspecified atom stereocenters. The van der Waals surface area contributed by atoms with Crippen molar-refractivity contribution in [1.29, 1.82) is 0 Å². The fourth-order valence-corrected chi connectivity index (χ4v) is 2.79. The predicted molar refractivity (Wildman–Crippen MR) is 104 cm³/mol. The summed E-state index contributed by atoms with van der Waals surface area (Å²) in [6, 6.07) is 4.84. The van der Waals surface area contributed by atoms with Crippen LogP contribution in [0.2, 0.25) is 0 Å². The number of aliphatic carboxylic acids is 1. The highest BCUT2D eigenvalue weighted by molar-refractivity contribution is 5.91. The van der Waals surface area contributed by atoms with Crippen molar-refractivity contribution in [3.63, 3.8) is 0 Å². The van der Waals surface area contributed by atoms with Gasteiger partial charge in [-0.2, -0.15) is 0 Å². The molecule has 0 saturated heterocycles. The molecule has 0 aliphatic heterocycles. The quantitative estimate of drug-likeness (QED) is 0.254. The van der Waals surface area contributed by atoms with Crippen LogP contribution in [0.1, 0.15) is 12.0 Å². The van der Waals surface area contributed by atoms with Gasteiger partial charge in [-0.1, -0.05) is 18.2 Å². The zero-order chi connectivity index (χ0) is 20.7. The summed E-state index contributed by atoms with van der Waals surface area (Å²) in [5, 5.41) is 15.1. The van der Waals surface area contributed by atoms with Gasteiger partial charge in [0.05, 0.1) is 12.5 Å². The lowest BCUT2D eigenvalue weighted by Crippen LogP contribution is -2.54. The molecule has 152 valence electrons. The van der Waals surface area contributed by atoms with E-state index in [1.165, 1.54) is 0 Å². The molecule has 0 radical (unpaired) electrons. The van der Waals surface area contributed by atoms with E-state index in [4.69, 9.17) is 22.3 Å².